The average Bonchev–Trinajstić information content (AvgIpc) is 2.52. The van der Waals surface area contributed by atoms with Crippen molar-refractivity contribution in [2.45, 2.75) is 27.7 Å². The summed E-state index contributed by atoms with van der Waals surface area (Å²) in [6.45, 7) is 7.75. The van der Waals surface area contributed by atoms with Crippen molar-refractivity contribution in [1.82, 2.24) is 4.98 Å². The zero-order chi connectivity index (χ0) is 18.1. The van der Waals surface area contributed by atoms with Gasteiger partial charge in [-0.3, -0.25) is 0 Å². The molecule has 1 heterocycles. The first-order valence-corrected chi connectivity index (χ1v) is 8.50. The second-order valence-corrected chi connectivity index (χ2v) is 6.81. The van der Waals surface area contributed by atoms with Crippen LogP contribution in [-0.4, -0.2) is 4.98 Å². The van der Waals surface area contributed by atoms with E-state index in [0.717, 1.165) is 33.4 Å². The Morgan fingerprint density at radius 1 is 0.920 bits per heavy atom. The molecule has 0 bridgehead atoms. The Bertz CT molecular complexity index is 928. The first kappa shape index (κ1) is 17.4. The third-order valence-corrected chi connectivity index (χ3v) is 4.54. The van der Waals surface area contributed by atoms with E-state index in [9.17, 15) is 4.39 Å². The fraction of sp³-hybridized carbons (Fsp3) is 0.190. The van der Waals surface area contributed by atoms with Crippen molar-refractivity contribution in [3.63, 3.8) is 0 Å². The maximum Gasteiger partial charge on any atom is 0.147 e. The molecule has 2 aromatic carbocycles. The Balaban J connectivity index is 2.14. The zero-order valence-electron chi connectivity index (χ0n) is 14.7. The van der Waals surface area contributed by atoms with Crippen LogP contribution in [0.4, 0.5) is 15.9 Å². The maximum atomic E-state index is 14.4. The second-order valence-electron chi connectivity index (χ2n) is 6.40. The van der Waals surface area contributed by atoms with Gasteiger partial charge in [0.05, 0.1) is 5.69 Å². The Morgan fingerprint density at radius 3 is 2.36 bits per heavy atom. The Morgan fingerprint density at radius 2 is 1.68 bits per heavy atom. The van der Waals surface area contributed by atoms with E-state index in [-0.39, 0.29) is 5.82 Å². The monoisotopic (exact) mass is 354 g/mol. The van der Waals surface area contributed by atoms with Crippen molar-refractivity contribution < 1.29 is 4.39 Å². The molecule has 0 radical (unpaired) electrons. The number of anilines is 2. The number of pyridine rings is 1. The molecule has 0 spiro atoms. The summed E-state index contributed by atoms with van der Waals surface area (Å²) in [5.41, 5.74) is 6.03. The number of benzene rings is 2. The van der Waals surface area contributed by atoms with Gasteiger partial charge in [0.1, 0.15) is 11.6 Å². The molecule has 3 rings (SSSR count). The Kier molecular flexibility index (Phi) is 4.78. The van der Waals surface area contributed by atoms with Crippen LogP contribution >= 0.6 is 11.6 Å². The normalized spacial score (nSPS) is 10.8. The van der Waals surface area contributed by atoms with Crippen LogP contribution in [0.2, 0.25) is 5.02 Å². The van der Waals surface area contributed by atoms with Gasteiger partial charge in [0.15, 0.2) is 0 Å². The van der Waals surface area contributed by atoms with Gasteiger partial charge in [-0.25, -0.2) is 9.37 Å². The minimum absolute atomic E-state index is 0.290. The molecule has 0 aliphatic rings. The van der Waals surface area contributed by atoms with Gasteiger partial charge in [-0.1, -0.05) is 29.8 Å². The summed E-state index contributed by atoms with van der Waals surface area (Å²) in [7, 11) is 0. The van der Waals surface area contributed by atoms with Crippen LogP contribution in [0, 0.1) is 33.5 Å². The summed E-state index contributed by atoms with van der Waals surface area (Å²) in [4.78, 5) is 4.44. The van der Waals surface area contributed by atoms with Gasteiger partial charge in [-0.05, 0) is 68.1 Å². The van der Waals surface area contributed by atoms with E-state index in [2.05, 4.69) is 10.3 Å². The number of aromatic nitrogens is 1. The second kappa shape index (κ2) is 6.85. The maximum absolute atomic E-state index is 14.4. The quantitative estimate of drug-likeness (QED) is 0.579. The fourth-order valence-electron chi connectivity index (χ4n) is 3.01. The van der Waals surface area contributed by atoms with Crippen molar-refractivity contribution >= 4 is 23.1 Å². The SMILES string of the molecule is Cc1cc(C)c(Nc2nccc(C)c2-c2ccc(C)cc2Cl)c(F)c1. The lowest BCUT2D eigenvalue weighted by Crippen LogP contribution is -2.02. The lowest BCUT2D eigenvalue weighted by Gasteiger charge is -2.17. The summed E-state index contributed by atoms with van der Waals surface area (Å²) in [5.74, 6) is 0.304. The standard InChI is InChI=1S/C21H20ClFN2/c1-12-5-6-16(17(22)10-12)19-14(3)7-8-24-21(19)25-20-15(4)9-13(2)11-18(20)23/h5-11H,1-4H3,(H,24,25). The molecule has 0 fully saturated rings. The smallest absolute Gasteiger partial charge is 0.147 e. The summed E-state index contributed by atoms with van der Waals surface area (Å²) < 4.78 is 14.4. The molecule has 0 unspecified atom stereocenters. The number of nitrogens with one attached hydrogen (secondary N) is 1. The van der Waals surface area contributed by atoms with E-state index in [1.54, 1.807) is 6.20 Å². The number of rotatable bonds is 3. The van der Waals surface area contributed by atoms with E-state index >= 15 is 0 Å². The van der Waals surface area contributed by atoms with Crippen molar-refractivity contribution in [3.05, 3.63) is 75.7 Å². The van der Waals surface area contributed by atoms with Gasteiger partial charge in [-0.15, -0.1) is 0 Å². The number of hydrogen-bond donors (Lipinski definition) is 1. The molecule has 0 saturated heterocycles. The molecule has 0 aliphatic heterocycles. The highest BCUT2D eigenvalue weighted by Crippen LogP contribution is 2.37. The predicted molar refractivity (Wildman–Crippen MR) is 103 cm³/mol. The van der Waals surface area contributed by atoms with E-state index < -0.39 is 0 Å². The van der Waals surface area contributed by atoms with Crippen LogP contribution < -0.4 is 5.32 Å². The van der Waals surface area contributed by atoms with E-state index in [1.165, 1.54) is 6.07 Å². The van der Waals surface area contributed by atoms with E-state index in [0.29, 0.717) is 16.5 Å². The molecule has 2 nitrogen and oxygen atoms in total. The zero-order valence-corrected chi connectivity index (χ0v) is 15.5. The van der Waals surface area contributed by atoms with Gasteiger partial charge in [0.2, 0.25) is 0 Å². The van der Waals surface area contributed by atoms with Gasteiger partial charge in [-0.2, -0.15) is 0 Å². The number of aryl methyl sites for hydroxylation is 4. The molecule has 0 aliphatic carbocycles. The molecule has 3 aromatic rings. The van der Waals surface area contributed by atoms with Crippen LogP contribution in [0.1, 0.15) is 22.3 Å². The lowest BCUT2D eigenvalue weighted by atomic mass is 10.00. The van der Waals surface area contributed by atoms with E-state index in [4.69, 9.17) is 11.6 Å². The van der Waals surface area contributed by atoms with Gasteiger partial charge in [0.25, 0.3) is 0 Å². The summed E-state index contributed by atoms with van der Waals surface area (Å²) in [6, 6.07) is 11.3. The van der Waals surface area contributed by atoms with E-state index in [1.807, 2.05) is 58.0 Å². The van der Waals surface area contributed by atoms with Crippen molar-refractivity contribution in [2.75, 3.05) is 5.32 Å². The molecular weight excluding hydrogens is 335 g/mol. The van der Waals surface area contributed by atoms with Crippen molar-refractivity contribution in [2.24, 2.45) is 0 Å². The molecule has 0 atom stereocenters. The molecule has 0 saturated carbocycles. The molecule has 1 N–H and O–H groups in total. The number of halogens is 2. The Hall–Kier alpha value is -2.39. The van der Waals surface area contributed by atoms with Gasteiger partial charge < -0.3 is 5.32 Å². The van der Waals surface area contributed by atoms with Crippen LogP contribution in [0.15, 0.2) is 42.6 Å². The molecular formula is C21H20ClFN2. The highest BCUT2D eigenvalue weighted by Gasteiger charge is 2.16. The Labute approximate surface area is 152 Å². The third-order valence-electron chi connectivity index (χ3n) is 4.23. The molecule has 4 heteroatoms. The van der Waals surface area contributed by atoms with Crippen LogP contribution in [-0.2, 0) is 0 Å². The van der Waals surface area contributed by atoms with Crippen LogP contribution in [0.3, 0.4) is 0 Å². The highest BCUT2D eigenvalue weighted by molar-refractivity contribution is 6.33. The molecule has 25 heavy (non-hydrogen) atoms. The molecule has 1 aromatic heterocycles. The third kappa shape index (κ3) is 3.52. The predicted octanol–water partition coefficient (Wildman–Crippen LogP) is 6.52. The topological polar surface area (TPSA) is 24.9 Å². The highest BCUT2D eigenvalue weighted by atomic mass is 35.5. The lowest BCUT2D eigenvalue weighted by molar-refractivity contribution is 0.629. The first-order valence-electron chi connectivity index (χ1n) is 8.12. The van der Waals surface area contributed by atoms with Crippen molar-refractivity contribution in [1.29, 1.82) is 0 Å². The molecule has 128 valence electrons. The minimum Gasteiger partial charge on any atom is -0.337 e. The van der Waals surface area contributed by atoms with Gasteiger partial charge >= 0.3 is 0 Å². The fourth-order valence-corrected chi connectivity index (χ4v) is 3.34. The van der Waals surface area contributed by atoms with Gasteiger partial charge in [0, 0.05) is 22.3 Å². The number of nitrogens with zero attached hydrogens (tertiary/aromatic N) is 1. The molecule has 0 amide bonds. The largest absolute Gasteiger partial charge is 0.337 e. The summed E-state index contributed by atoms with van der Waals surface area (Å²) >= 11 is 6.46. The van der Waals surface area contributed by atoms with Crippen LogP contribution in [0.5, 0.6) is 0 Å². The summed E-state index contributed by atoms with van der Waals surface area (Å²) in [6.07, 6.45) is 1.71. The average molecular weight is 355 g/mol. The van der Waals surface area contributed by atoms with Crippen LogP contribution in [0.25, 0.3) is 11.1 Å². The number of hydrogen-bond acceptors (Lipinski definition) is 2. The minimum atomic E-state index is -0.290. The summed E-state index contributed by atoms with van der Waals surface area (Å²) in [5, 5.41) is 3.83. The first-order chi connectivity index (χ1) is 11.9. The van der Waals surface area contributed by atoms with Crippen molar-refractivity contribution in [3.8, 4) is 11.1 Å².